The van der Waals surface area contributed by atoms with Crippen molar-refractivity contribution in [2.75, 3.05) is 0 Å². The second kappa shape index (κ2) is 8.51. The summed E-state index contributed by atoms with van der Waals surface area (Å²) in [5.41, 5.74) is 1.16. The molecule has 1 N–H and O–H groups in total. The van der Waals surface area contributed by atoms with Crippen LogP contribution in [0.2, 0.25) is 5.02 Å². The third-order valence-corrected chi connectivity index (χ3v) is 3.99. The quantitative estimate of drug-likeness (QED) is 0.641. The maximum absolute atomic E-state index is 13.0. The average molecular weight is 388 g/mol. The first-order valence-corrected chi connectivity index (χ1v) is 8.43. The lowest BCUT2D eigenvalue weighted by molar-refractivity contribution is -0.130. The fourth-order valence-corrected chi connectivity index (χ4v) is 2.48. The van der Waals surface area contributed by atoms with E-state index in [4.69, 9.17) is 20.8 Å². The Hall–Kier alpha value is -3.12. The smallest absolute Gasteiger partial charge is 0.375 e. The molecule has 0 fully saturated rings. The van der Waals surface area contributed by atoms with E-state index in [1.807, 2.05) is 0 Å². The van der Waals surface area contributed by atoms with Crippen molar-refractivity contribution in [3.63, 3.8) is 0 Å². The van der Waals surface area contributed by atoms with Crippen molar-refractivity contribution in [2.24, 2.45) is 0 Å². The second-order valence-electron chi connectivity index (χ2n) is 5.66. The molecule has 138 valence electrons. The van der Waals surface area contributed by atoms with Crippen molar-refractivity contribution >= 4 is 23.5 Å². The lowest BCUT2D eigenvalue weighted by Crippen LogP contribution is -2.31. The van der Waals surface area contributed by atoms with Crippen LogP contribution in [-0.4, -0.2) is 11.9 Å². The highest BCUT2D eigenvalue weighted by molar-refractivity contribution is 6.30. The molecule has 7 heteroatoms. The summed E-state index contributed by atoms with van der Waals surface area (Å²) in [4.78, 5) is 24.9. The number of esters is 1. The number of hydrogen-bond donors (Lipinski definition) is 1. The molecular weight excluding hydrogens is 373 g/mol. The van der Waals surface area contributed by atoms with Crippen LogP contribution in [-0.2, 0) is 16.1 Å². The van der Waals surface area contributed by atoms with Crippen LogP contribution >= 0.6 is 11.6 Å². The van der Waals surface area contributed by atoms with E-state index in [0.717, 1.165) is 0 Å². The van der Waals surface area contributed by atoms with Gasteiger partial charge in [-0.25, -0.2) is 9.18 Å². The molecule has 5 nitrogen and oxygen atoms in total. The maximum Gasteiger partial charge on any atom is 0.375 e. The van der Waals surface area contributed by atoms with Gasteiger partial charge in [0.1, 0.15) is 5.82 Å². The number of hydrogen-bond acceptors (Lipinski definition) is 4. The average Bonchev–Trinajstić information content (AvgIpc) is 3.21. The summed E-state index contributed by atoms with van der Waals surface area (Å²) in [6, 6.07) is 15.1. The largest absolute Gasteiger partial charge is 0.457 e. The summed E-state index contributed by atoms with van der Waals surface area (Å²) in [6.07, 6.45) is 0.142. The van der Waals surface area contributed by atoms with Gasteiger partial charge in [0.05, 0.1) is 6.26 Å². The molecule has 0 unspecified atom stereocenters. The minimum absolute atomic E-state index is 0.0136. The van der Waals surface area contributed by atoms with E-state index in [1.54, 1.807) is 42.5 Å². The Bertz CT molecular complexity index is 908. The van der Waals surface area contributed by atoms with Crippen molar-refractivity contribution < 1.29 is 23.1 Å². The lowest BCUT2D eigenvalue weighted by atomic mass is 10.1. The topological polar surface area (TPSA) is 68.5 Å². The predicted octanol–water partition coefficient (Wildman–Crippen LogP) is 4.29. The highest BCUT2D eigenvalue weighted by atomic mass is 35.5. The van der Waals surface area contributed by atoms with E-state index < -0.39 is 18.0 Å². The molecule has 0 aliphatic carbocycles. The molecule has 0 aliphatic rings. The summed E-state index contributed by atoms with van der Waals surface area (Å²) >= 11 is 5.88. The summed E-state index contributed by atoms with van der Waals surface area (Å²) in [5, 5.41) is 3.17. The maximum atomic E-state index is 13.0. The summed E-state index contributed by atoms with van der Waals surface area (Å²) in [6.45, 7) is 0.154. The third kappa shape index (κ3) is 4.95. The lowest BCUT2D eigenvalue weighted by Gasteiger charge is -2.17. The Balaban J connectivity index is 1.75. The molecule has 0 aliphatic heterocycles. The van der Waals surface area contributed by atoms with E-state index in [9.17, 15) is 14.0 Å². The van der Waals surface area contributed by atoms with Crippen LogP contribution in [0.25, 0.3) is 0 Å². The number of benzene rings is 2. The molecule has 1 atom stereocenters. The highest BCUT2D eigenvalue weighted by Gasteiger charge is 2.26. The Morgan fingerprint density at radius 2 is 1.78 bits per heavy atom. The molecule has 0 spiro atoms. The first kappa shape index (κ1) is 18.7. The van der Waals surface area contributed by atoms with Crippen LogP contribution < -0.4 is 5.32 Å². The van der Waals surface area contributed by atoms with Gasteiger partial charge in [0, 0.05) is 17.1 Å². The SMILES string of the molecule is O=C(O[C@@H](C(=O)NCc1ccc(F)cc1)c1ccc(Cl)cc1)c1ccco1. The number of amides is 1. The molecule has 1 aromatic heterocycles. The zero-order valence-corrected chi connectivity index (χ0v) is 14.8. The Labute approximate surface area is 159 Å². The summed E-state index contributed by atoms with van der Waals surface area (Å²) < 4.78 is 23.3. The van der Waals surface area contributed by atoms with Crippen molar-refractivity contribution in [2.45, 2.75) is 12.6 Å². The normalized spacial score (nSPS) is 11.6. The third-order valence-electron chi connectivity index (χ3n) is 3.74. The van der Waals surface area contributed by atoms with E-state index in [-0.39, 0.29) is 18.1 Å². The van der Waals surface area contributed by atoms with Gasteiger partial charge in [-0.3, -0.25) is 4.79 Å². The van der Waals surface area contributed by atoms with Gasteiger partial charge in [0.15, 0.2) is 0 Å². The van der Waals surface area contributed by atoms with Gasteiger partial charge in [-0.1, -0.05) is 35.9 Å². The Kier molecular flexibility index (Phi) is 5.88. The van der Waals surface area contributed by atoms with E-state index in [0.29, 0.717) is 16.1 Å². The molecule has 27 heavy (non-hydrogen) atoms. The summed E-state index contributed by atoms with van der Waals surface area (Å²) in [7, 11) is 0. The Morgan fingerprint density at radius 3 is 2.41 bits per heavy atom. The number of carbonyl (C=O) groups is 2. The molecule has 0 saturated heterocycles. The number of carbonyl (C=O) groups excluding carboxylic acids is 2. The van der Waals surface area contributed by atoms with Crippen LogP contribution in [0, 0.1) is 5.82 Å². The molecule has 1 heterocycles. The first-order valence-electron chi connectivity index (χ1n) is 8.05. The second-order valence-corrected chi connectivity index (χ2v) is 6.09. The number of ether oxygens (including phenoxy) is 1. The van der Waals surface area contributed by atoms with E-state index in [1.165, 1.54) is 24.5 Å². The van der Waals surface area contributed by atoms with Gasteiger partial charge in [-0.15, -0.1) is 0 Å². The predicted molar refractivity (Wildman–Crippen MR) is 96.6 cm³/mol. The summed E-state index contributed by atoms with van der Waals surface area (Å²) in [5.74, 6) is -1.67. The fraction of sp³-hybridized carbons (Fsp3) is 0.100. The van der Waals surface area contributed by atoms with Crippen LogP contribution in [0.5, 0.6) is 0 Å². The molecule has 3 aromatic rings. The molecule has 0 bridgehead atoms. The minimum atomic E-state index is -1.19. The molecule has 0 radical (unpaired) electrons. The monoisotopic (exact) mass is 387 g/mol. The number of nitrogens with one attached hydrogen (secondary N) is 1. The van der Waals surface area contributed by atoms with E-state index >= 15 is 0 Å². The number of halogens is 2. The van der Waals surface area contributed by atoms with Crippen molar-refractivity contribution in [1.29, 1.82) is 0 Å². The number of rotatable bonds is 6. The van der Waals surface area contributed by atoms with Gasteiger partial charge < -0.3 is 14.5 Å². The molecule has 3 rings (SSSR count). The van der Waals surface area contributed by atoms with Gasteiger partial charge >= 0.3 is 5.97 Å². The Morgan fingerprint density at radius 1 is 1.07 bits per heavy atom. The van der Waals surface area contributed by atoms with Crippen molar-refractivity contribution in [1.82, 2.24) is 5.32 Å². The van der Waals surface area contributed by atoms with Crippen LogP contribution in [0.4, 0.5) is 4.39 Å². The van der Waals surface area contributed by atoms with Crippen LogP contribution in [0.3, 0.4) is 0 Å². The van der Waals surface area contributed by atoms with Gasteiger partial charge in [0.25, 0.3) is 5.91 Å². The van der Waals surface area contributed by atoms with Gasteiger partial charge in [0.2, 0.25) is 11.9 Å². The van der Waals surface area contributed by atoms with Crippen molar-refractivity contribution in [3.05, 3.63) is 94.7 Å². The van der Waals surface area contributed by atoms with E-state index in [2.05, 4.69) is 5.32 Å². The molecule has 2 aromatic carbocycles. The van der Waals surface area contributed by atoms with Crippen LogP contribution in [0.1, 0.15) is 27.8 Å². The minimum Gasteiger partial charge on any atom is -0.457 e. The van der Waals surface area contributed by atoms with Gasteiger partial charge in [-0.05, 0) is 42.0 Å². The zero-order valence-electron chi connectivity index (χ0n) is 14.0. The van der Waals surface area contributed by atoms with Crippen molar-refractivity contribution in [3.8, 4) is 0 Å². The first-order chi connectivity index (χ1) is 13.0. The van der Waals surface area contributed by atoms with Crippen LogP contribution in [0.15, 0.2) is 71.3 Å². The van der Waals surface area contributed by atoms with Gasteiger partial charge in [-0.2, -0.15) is 0 Å². The molecule has 0 saturated carbocycles. The molecule has 1 amide bonds. The number of furan rings is 1. The molecular formula is C20H15ClFNO4. The highest BCUT2D eigenvalue weighted by Crippen LogP contribution is 2.22. The zero-order chi connectivity index (χ0) is 19.2. The fourth-order valence-electron chi connectivity index (χ4n) is 2.35. The standard InChI is InChI=1S/C20H15ClFNO4/c21-15-7-5-14(6-8-15)18(27-20(25)17-2-1-11-26-17)19(24)23-12-13-3-9-16(22)10-4-13/h1-11,18H,12H2,(H,23,24)/t18-/m1/s1.